The first-order chi connectivity index (χ1) is 7.61. The van der Waals surface area contributed by atoms with Crippen LogP contribution in [0.2, 0.25) is 0 Å². The first kappa shape index (κ1) is 12.4. The fraction of sp³-hybridized carbons (Fsp3) is 0.200. The Balaban J connectivity index is 2.37. The van der Waals surface area contributed by atoms with Gasteiger partial charge in [-0.15, -0.1) is 0 Å². The van der Waals surface area contributed by atoms with Gasteiger partial charge in [-0.2, -0.15) is 0 Å². The summed E-state index contributed by atoms with van der Waals surface area (Å²) in [4.78, 5) is 10.8. The quantitative estimate of drug-likeness (QED) is 0.773. The summed E-state index contributed by atoms with van der Waals surface area (Å²) in [5, 5.41) is 5.24. The van der Waals surface area contributed by atoms with Crippen molar-refractivity contribution in [2.45, 2.75) is 6.54 Å². The van der Waals surface area contributed by atoms with Gasteiger partial charge in [0.05, 0.1) is 7.11 Å². The molecule has 0 heterocycles. The van der Waals surface area contributed by atoms with E-state index in [4.69, 9.17) is 12.2 Å². The molecule has 4 nitrogen and oxygen atoms in total. The Morgan fingerprint density at radius 3 is 2.62 bits per heavy atom. The maximum atomic E-state index is 12.6. The molecule has 0 saturated carbocycles. The van der Waals surface area contributed by atoms with Crippen LogP contribution in [-0.2, 0) is 11.3 Å². The minimum Gasteiger partial charge on any atom is -0.453 e. The molecule has 1 aromatic rings. The van der Waals surface area contributed by atoms with Crippen molar-refractivity contribution in [1.82, 2.24) is 10.6 Å². The average molecular weight is 242 g/mol. The van der Waals surface area contributed by atoms with Crippen LogP contribution in [0.1, 0.15) is 5.56 Å². The molecule has 1 aromatic carbocycles. The van der Waals surface area contributed by atoms with Crippen LogP contribution in [0, 0.1) is 5.82 Å². The standard InChI is InChI=1S/C10H11FN2O2S/c1-15-10(14)13-9(16)12-6-7-2-4-8(11)5-3-7/h2-5H,6H2,1H3,(H2,12,13,14,16). The Morgan fingerprint density at radius 1 is 1.44 bits per heavy atom. The maximum absolute atomic E-state index is 12.6. The predicted octanol–water partition coefficient (Wildman–Crippen LogP) is 1.56. The van der Waals surface area contributed by atoms with E-state index in [0.29, 0.717) is 6.54 Å². The summed E-state index contributed by atoms with van der Waals surface area (Å²) in [5.41, 5.74) is 0.857. The van der Waals surface area contributed by atoms with Crippen LogP contribution < -0.4 is 10.6 Å². The Bertz CT molecular complexity index is 381. The molecule has 0 fully saturated rings. The van der Waals surface area contributed by atoms with Gasteiger partial charge in [0.15, 0.2) is 5.11 Å². The molecule has 0 atom stereocenters. The van der Waals surface area contributed by atoms with Crippen LogP contribution in [0.5, 0.6) is 0 Å². The fourth-order valence-electron chi connectivity index (χ4n) is 0.973. The number of thiocarbonyl (C=S) groups is 1. The largest absolute Gasteiger partial charge is 0.453 e. The van der Waals surface area contributed by atoms with Gasteiger partial charge in [-0.3, -0.25) is 5.32 Å². The summed E-state index contributed by atoms with van der Waals surface area (Å²) in [7, 11) is 1.25. The summed E-state index contributed by atoms with van der Waals surface area (Å²) < 4.78 is 16.9. The van der Waals surface area contributed by atoms with Crippen molar-refractivity contribution >= 4 is 23.4 Å². The molecule has 1 amide bonds. The second-order valence-electron chi connectivity index (χ2n) is 2.93. The van der Waals surface area contributed by atoms with Crippen LogP contribution in [0.15, 0.2) is 24.3 Å². The highest BCUT2D eigenvalue weighted by atomic mass is 32.1. The number of ether oxygens (including phenoxy) is 1. The van der Waals surface area contributed by atoms with Crippen molar-refractivity contribution in [2.24, 2.45) is 0 Å². The normalized spacial score (nSPS) is 9.38. The number of halogens is 1. The highest BCUT2D eigenvalue weighted by molar-refractivity contribution is 7.80. The van der Waals surface area contributed by atoms with Gasteiger partial charge in [0.1, 0.15) is 5.82 Å². The molecule has 0 aliphatic heterocycles. The second-order valence-corrected chi connectivity index (χ2v) is 3.33. The van der Waals surface area contributed by atoms with Crippen molar-refractivity contribution in [3.8, 4) is 0 Å². The van der Waals surface area contributed by atoms with E-state index >= 15 is 0 Å². The smallest absolute Gasteiger partial charge is 0.413 e. The van der Waals surface area contributed by atoms with Crippen LogP contribution in [0.4, 0.5) is 9.18 Å². The number of hydrogen-bond donors (Lipinski definition) is 2. The number of methoxy groups -OCH3 is 1. The number of carbonyl (C=O) groups is 1. The number of rotatable bonds is 2. The zero-order chi connectivity index (χ0) is 12.0. The number of amides is 1. The third-order valence-corrected chi connectivity index (χ3v) is 2.01. The summed E-state index contributed by atoms with van der Waals surface area (Å²) in [6.07, 6.45) is -0.628. The monoisotopic (exact) mass is 242 g/mol. The first-order valence-corrected chi connectivity index (χ1v) is 4.90. The lowest BCUT2D eigenvalue weighted by Gasteiger charge is -2.08. The van der Waals surface area contributed by atoms with E-state index < -0.39 is 6.09 Å². The first-order valence-electron chi connectivity index (χ1n) is 4.49. The van der Waals surface area contributed by atoms with E-state index in [2.05, 4.69) is 15.4 Å². The molecule has 0 unspecified atom stereocenters. The van der Waals surface area contributed by atoms with Gasteiger partial charge in [-0.1, -0.05) is 12.1 Å². The highest BCUT2D eigenvalue weighted by Gasteiger charge is 2.02. The zero-order valence-electron chi connectivity index (χ0n) is 8.62. The Labute approximate surface area is 97.8 Å². The highest BCUT2D eigenvalue weighted by Crippen LogP contribution is 2.01. The Kier molecular flexibility index (Phi) is 4.65. The van der Waals surface area contributed by atoms with Crippen molar-refractivity contribution in [1.29, 1.82) is 0 Å². The number of hydrogen-bond acceptors (Lipinski definition) is 3. The molecule has 2 N–H and O–H groups in total. The van der Waals surface area contributed by atoms with Crippen molar-refractivity contribution in [3.05, 3.63) is 35.6 Å². The third kappa shape index (κ3) is 4.22. The van der Waals surface area contributed by atoms with E-state index in [-0.39, 0.29) is 10.9 Å². The zero-order valence-corrected chi connectivity index (χ0v) is 9.44. The molecular weight excluding hydrogens is 231 g/mol. The van der Waals surface area contributed by atoms with Crippen LogP contribution >= 0.6 is 12.2 Å². The lowest BCUT2D eigenvalue weighted by atomic mass is 10.2. The molecule has 0 radical (unpaired) electrons. The lowest BCUT2D eigenvalue weighted by Crippen LogP contribution is -2.38. The van der Waals surface area contributed by atoms with E-state index in [9.17, 15) is 9.18 Å². The number of nitrogens with one attached hydrogen (secondary N) is 2. The minimum atomic E-state index is -0.628. The molecule has 0 aromatic heterocycles. The SMILES string of the molecule is COC(=O)NC(=S)NCc1ccc(F)cc1. The summed E-state index contributed by atoms with van der Waals surface area (Å²) in [5.74, 6) is -0.293. The molecular formula is C10H11FN2O2S. The topological polar surface area (TPSA) is 50.4 Å². The number of carbonyl (C=O) groups excluding carboxylic acids is 1. The van der Waals surface area contributed by atoms with Crippen molar-refractivity contribution in [2.75, 3.05) is 7.11 Å². The van der Waals surface area contributed by atoms with Crippen molar-refractivity contribution < 1.29 is 13.9 Å². The molecule has 6 heteroatoms. The predicted molar refractivity (Wildman–Crippen MR) is 61.4 cm³/mol. The van der Waals surface area contributed by atoms with Gasteiger partial charge in [-0.25, -0.2) is 9.18 Å². The van der Waals surface area contributed by atoms with Gasteiger partial charge >= 0.3 is 6.09 Å². The fourth-order valence-corrected chi connectivity index (χ4v) is 1.13. The molecule has 86 valence electrons. The van der Waals surface area contributed by atoms with E-state index in [1.807, 2.05) is 0 Å². The Morgan fingerprint density at radius 2 is 2.06 bits per heavy atom. The molecule has 0 spiro atoms. The summed E-state index contributed by atoms with van der Waals surface area (Å²) >= 11 is 4.82. The van der Waals surface area contributed by atoms with Crippen LogP contribution in [-0.4, -0.2) is 18.3 Å². The van der Waals surface area contributed by atoms with Crippen LogP contribution in [0.25, 0.3) is 0 Å². The molecule has 0 bridgehead atoms. The Hall–Kier alpha value is -1.69. The van der Waals surface area contributed by atoms with Crippen LogP contribution in [0.3, 0.4) is 0 Å². The van der Waals surface area contributed by atoms with E-state index in [1.54, 1.807) is 12.1 Å². The minimum absolute atomic E-state index is 0.163. The molecule has 1 rings (SSSR count). The number of alkyl carbamates (subject to hydrolysis) is 1. The lowest BCUT2D eigenvalue weighted by molar-refractivity contribution is 0.176. The number of benzene rings is 1. The third-order valence-electron chi connectivity index (χ3n) is 1.77. The molecule has 0 aliphatic rings. The van der Waals surface area contributed by atoms with Gasteiger partial charge in [0, 0.05) is 6.54 Å². The van der Waals surface area contributed by atoms with Gasteiger partial charge < -0.3 is 10.1 Å². The van der Waals surface area contributed by atoms with Gasteiger partial charge in [0.2, 0.25) is 0 Å². The molecule has 0 aliphatic carbocycles. The maximum Gasteiger partial charge on any atom is 0.413 e. The summed E-state index contributed by atoms with van der Waals surface area (Å²) in [6.45, 7) is 0.406. The second kappa shape index (κ2) is 6.02. The van der Waals surface area contributed by atoms with Gasteiger partial charge in [-0.05, 0) is 29.9 Å². The summed E-state index contributed by atoms with van der Waals surface area (Å²) in [6, 6.07) is 5.97. The molecule has 16 heavy (non-hydrogen) atoms. The van der Waals surface area contributed by atoms with E-state index in [0.717, 1.165) is 5.56 Å². The van der Waals surface area contributed by atoms with Gasteiger partial charge in [0.25, 0.3) is 0 Å². The molecule has 0 saturated heterocycles. The van der Waals surface area contributed by atoms with Crippen molar-refractivity contribution in [3.63, 3.8) is 0 Å². The average Bonchev–Trinajstić information content (AvgIpc) is 2.28. The van der Waals surface area contributed by atoms with E-state index in [1.165, 1.54) is 19.2 Å².